The Bertz CT molecular complexity index is 200. The van der Waals surface area contributed by atoms with E-state index in [9.17, 15) is 5.11 Å². The van der Waals surface area contributed by atoms with Crippen molar-refractivity contribution >= 4 is 7.85 Å². The van der Waals surface area contributed by atoms with Crippen LogP contribution < -0.4 is 0 Å². The lowest BCUT2D eigenvalue weighted by molar-refractivity contribution is 0.313. The maximum absolute atomic E-state index is 9.75. The minimum Gasteiger partial charge on any atom is -0.512 e. The highest BCUT2D eigenvalue weighted by atomic mass is 16.3. The highest BCUT2D eigenvalue weighted by molar-refractivity contribution is 6.16. The van der Waals surface area contributed by atoms with Crippen molar-refractivity contribution in [2.75, 3.05) is 0 Å². The van der Waals surface area contributed by atoms with Crippen LogP contribution in [0.3, 0.4) is 0 Å². The fourth-order valence-electron chi connectivity index (χ4n) is 1.90. The van der Waals surface area contributed by atoms with E-state index in [-0.39, 0.29) is 5.31 Å². The summed E-state index contributed by atoms with van der Waals surface area (Å²) in [6.07, 6.45) is 3.19. The molecule has 68 valence electrons. The number of hydrogen-bond donors (Lipinski definition) is 1. The summed E-state index contributed by atoms with van der Waals surface area (Å²) in [6, 6.07) is 0. The van der Waals surface area contributed by atoms with E-state index in [0.717, 1.165) is 12.8 Å². The molecule has 1 nitrogen and oxygen atoms in total. The van der Waals surface area contributed by atoms with Crippen LogP contribution >= 0.6 is 0 Å². The third kappa shape index (κ3) is 2.05. The summed E-state index contributed by atoms with van der Waals surface area (Å²) in [6.45, 7) is 6.55. The summed E-state index contributed by atoms with van der Waals surface area (Å²) in [5.41, 5.74) is 1.26. The first kappa shape index (κ1) is 9.69. The first-order valence-electron chi connectivity index (χ1n) is 4.82. The van der Waals surface area contributed by atoms with Crippen LogP contribution in [0, 0.1) is 5.92 Å². The summed E-state index contributed by atoms with van der Waals surface area (Å²) in [7, 11) is 2.18. The van der Waals surface area contributed by atoms with Gasteiger partial charge in [-0.05, 0) is 29.6 Å². The Kier molecular flexibility index (Phi) is 2.55. The number of aliphatic hydroxyl groups excluding tert-OH is 1. The summed E-state index contributed by atoms with van der Waals surface area (Å²) >= 11 is 0. The van der Waals surface area contributed by atoms with Crippen molar-refractivity contribution in [3.8, 4) is 0 Å². The molecular weight excluding hydrogens is 147 g/mol. The van der Waals surface area contributed by atoms with Gasteiger partial charge in [0.1, 0.15) is 7.85 Å². The fraction of sp³-hybridized carbons (Fsp3) is 0.800. The van der Waals surface area contributed by atoms with Crippen molar-refractivity contribution in [2.24, 2.45) is 5.92 Å². The van der Waals surface area contributed by atoms with Crippen molar-refractivity contribution in [3.05, 3.63) is 11.3 Å². The maximum Gasteiger partial charge on any atom is 0.114 e. The van der Waals surface area contributed by atoms with Crippen LogP contribution in [-0.4, -0.2) is 13.0 Å². The molecule has 0 unspecified atom stereocenters. The molecule has 1 N–H and O–H groups in total. The van der Waals surface area contributed by atoms with Gasteiger partial charge < -0.3 is 5.11 Å². The van der Waals surface area contributed by atoms with Gasteiger partial charge in [0.2, 0.25) is 0 Å². The Morgan fingerprint density at radius 2 is 2.08 bits per heavy atom. The third-order valence-electron chi connectivity index (χ3n) is 2.68. The predicted octanol–water partition coefficient (Wildman–Crippen LogP) is 2.45. The van der Waals surface area contributed by atoms with Gasteiger partial charge in [0.15, 0.2) is 0 Å². The molecule has 1 atom stereocenters. The van der Waals surface area contributed by atoms with Gasteiger partial charge >= 0.3 is 0 Å². The molecule has 0 aliphatic heterocycles. The zero-order valence-electron chi connectivity index (χ0n) is 8.65. The van der Waals surface area contributed by atoms with E-state index in [1.54, 1.807) is 0 Å². The van der Waals surface area contributed by atoms with Crippen LogP contribution in [0.1, 0.15) is 40.0 Å². The van der Waals surface area contributed by atoms with Gasteiger partial charge in [-0.1, -0.05) is 20.8 Å². The smallest absolute Gasteiger partial charge is 0.114 e. The Morgan fingerprint density at radius 1 is 1.50 bits per heavy atom. The second kappa shape index (κ2) is 3.16. The van der Waals surface area contributed by atoms with Gasteiger partial charge in [-0.15, -0.1) is 0 Å². The van der Waals surface area contributed by atoms with Crippen molar-refractivity contribution in [3.63, 3.8) is 0 Å². The standard InChI is InChI=1S/C10H19BO/c1-7-4-5-8(9(12)6-7)10(2,3)11/h7,12H,4-6,11H2,1-3H3/t7-/m1/s1. The van der Waals surface area contributed by atoms with E-state index in [1.165, 1.54) is 12.0 Å². The van der Waals surface area contributed by atoms with Crippen LogP contribution in [0.15, 0.2) is 11.3 Å². The molecule has 0 heterocycles. The van der Waals surface area contributed by atoms with Gasteiger partial charge in [0, 0.05) is 6.42 Å². The van der Waals surface area contributed by atoms with E-state index in [2.05, 4.69) is 28.6 Å². The summed E-state index contributed by atoms with van der Waals surface area (Å²) in [5.74, 6) is 1.32. The molecular formula is C10H19BO. The average Bonchev–Trinajstić information content (AvgIpc) is 1.83. The molecule has 1 aliphatic rings. The Labute approximate surface area is 76.3 Å². The van der Waals surface area contributed by atoms with Crippen molar-refractivity contribution in [1.29, 1.82) is 0 Å². The topological polar surface area (TPSA) is 20.2 Å². The monoisotopic (exact) mass is 166 g/mol. The van der Waals surface area contributed by atoms with Crippen LogP contribution in [0.25, 0.3) is 0 Å². The van der Waals surface area contributed by atoms with Gasteiger partial charge in [-0.3, -0.25) is 0 Å². The van der Waals surface area contributed by atoms with Crippen LogP contribution in [0.4, 0.5) is 0 Å². The largest absolute Gasteiger partial charge is 0.512 e. The molecule has 0 saturated carbocycles. The number of rotatable bonds is 1. The van der Waals surface area contributed by atoms with Gasteiger partial charge in [-0.25, -0.2) is 0 Å². The van der Waals surface area contributed by atoms with E-state index >= 15 is 0 Å². The average molecular weight is 166 g/mol. The van der Waals surface area contributed by atoms with E-state index in [4.69, 9.17) is 0 Å². The fourth-order valence-corrected chi connectivity index (χ4v) is 1.90. The molecule has 1 aliphatic carbocycles. The molecule has 0 aromatic heterocycles. The van der Waals surface area contributed by atoms with Crippen molar-refractivity contribution < 1.29 is 5.11 Å². The third-order valence-corrected chi connectivity index (χ3v) is 2.68. The van der Waals surface area contributed by atoms with Crippen molar-refractivity contribution in [1.82, 2.24) is 0 Å². The molecule has 12 heavy (non-hydrogen) atoms. The molecule has 0 aromatic rings. The predicted molar refractivity (Wildman–Crippen MR) is 55.3 cm³/mol. The number of allylic oxidation sites excluding steroid dienone is 2. The Hall–Kier alpha value is -0.395. The SMILES string of the molecule is BC(C)(C)C1=C(O)C[C@H](C)CC1. The van der Waals surface area contributed by atoms with Gasteiger partial charge in [0.25, 0.3) is 0 Å². The summed E-state index contributed by atoms with van der Waals surface area (Å²) in [5, 5.41) is 9.91. The lowest BCUT2D eigenvalue weighted by Crippen LogP contribution is -2.16. The van der Waals surface area contributed by atoms with Crippen LogP contribution in [0.5, 0.6) is 0 Å². The van der Waals surface area contributed by atoms with Crippen molar-refractivity contribution in [2.45, 2.75) is 45.3 Å². The molecule has 0 saturated heterocycles. The molecule has 0 radical (unpaired) electrons. The maximum atomic E-state index is 9.75. The Balaban J connectivity index is 2.83. The lowest BCUT2D eigenvalue weighted by atomic mass is 9.63. The molecule has 0 aromatic carbocycles. The van der Waals surface area contributed by atoms with Gasteiger partial charge in [0.05, 0.1) is 5.76 Å². The van der Waals surface area contributed by atoms with E-state index in [0.29, 0.717) is 11.7 Å². The molecule has 1 rings (SSSR count). The second-order valence-electron chi connectivity index (χ2n) is 5.02. The molecule has 0 spiro atoms. The zero-order chi connectivity index (χ0) is 9.35. The highest BCUT2D eigenvalue weighted by Gasteiger charge is 2.25. The summed E-state index contributed by atoms with van der Waals surface area (Å²) in [4.78, 5) is 0. The second-order valence-corrected chi connectivity index (χ2v) is 5.02. The minimum absolute atomic E-state index is 0.157. The normalized spacial score (nSPS) is 26.1. The quantitative estimate of drug-likeness (QED) is 0.593. The van der Waals surface area contributed by atoms with Gasteiger partial charge in [-0.2, -0.15) is 0 Å². The highest BCUT2D eigenvalue weighted by Crippen LogP contribution is 2.40. The number of aliphatic hydroxyl groups is 1. The van der Waals surface area contributed by atoms with E-state index in [1.807, 2.05) is 0 Å². The molecule has 0 amide bonds. The van der Waals surface area contributed by atoms with Crippen LogP contribution in [0.2, 0.25) is 5.31 Å². The van der Waals surface area contributed by atoms with E-state index < -0.39 is 0 Å². The summed E-state index contributed by atoms with van der Waals surface area (Å²) < 4.78 is 0. The first-order chi connectivity index (χ1) is 5.41. The first-order valence-corrected chi connectivity index (χ1v) is 4.82. The minimum atomic E-state index is 0.157. The Morgan fingerprint density at radius 3 is 2.50 bits per heavy atom. The lowest BCUT2D eigenvalue weighted by Gasteiger charge is -2.30. The molecule has 0 bridgehead atoms. The van der Waals surface area contributed by atoms with Crippen LogP contribution in [-0.2, 0) is 0 Å². The molecule has 0 fully saturated rings. The number of hydrogen-bond acceptors (Lipinski definition) is 1. The molecule has 2 heteroatoms. The zero-order valence-corrected chi connectivity index (χ0v) is 8.65.